The van der Waals surface area contributed by atoms with Gasteiger partial charge in [0.15, 0.2) is 5.82 Å². The van der Waals surface area contributed by atoms with Gasteiger partial charge in [-0.2, -0.15) is 4.98 Å². The number of nitrogens with zero attached hydrogens (tertiary/aromatic N) is 4. The van der Waals surface area contributed by atoms with Gasteiger partial charge in [0.2, 0.25) is 0 Å². The molecule has 2 rings (SSSR count). The van der Waals surface area contributed by atoms with Gasteiger partial charge in [-0.3, -0.25) is 4.90 Å². The van der Waals surface area contributed by atoms with E-state index in [1.54, 1.807) is 6.92 Å². The summed E-state index contributed by atoms with van der Waals surface area (Å²) in [5.41, 5.74) is 0. The van der Waals surface area contributed by atoms with E-state index in [2.05, 4.69) is 27.0 Å². The van der Waals surface area contributed by atoms with E-state index in [0.717, 1.165) is 26.2 Å². The molecule has 1 aliphatic rings. The molecule has 0 radical (unpaired) electrons. The first kappa shape index (κ1) is 13.0. The van der Waals surface area contributed by atoms with Gasteiger partial charge >= 0.3 is 11.9 Å². The fourth-order valence-corrected chi connectivity index (χ4v) is 1.80. The van der Waals surface area contributed by atoms with Gasteiger partial charge in [-0.15, -0.1) is 0 Å². The normalized spacial score (nSPS) is 17.9. The van der Waals surface area contributed by atoms with E-state index < -0.39 is 5.97 Å². The van der Waals surface area contributed by atoms with Crippen molar-refractivity contribution in [1.29, 1.82) is 0 Å². The molecule has 1 aliphatic heterocycles. The molecule has 18 heavy (non-hydrogen) atoms. The van der Waals surface area contributed by atoms with Crippen LogP contribution in [0.25, 0.3) is 0 Å². The van der Waals surface area contributed by atoms with Gasteiger partial charge in [0.1, 0.15) is 0 Å². The zero-order chi connectivity index (χ0) is 13.0. The minimum Gasteiger partial charge on any atom is -0.459 e. The van der Waals surface area contributed by atoms with Crippen LogP contribution < -0.4 is 0 Å². The van der Waals surface area contributed by atoms with Crippen molar-refractivity contribution < 1.29 is 14.1 Å². The minimum absolute atomic E-state index is 0.0685. The molecule has 0 amide bonds. The summed E-state index contributed by atoms with van der Waals surface area (Å²) >= 11 is 0. The predicted molar refractivity (Wildman–Crippen MR) is 63.0 cm³/mol. The highest BCUT2D eigenvalue weighted by atomic mass is 16.6. The third kappa shape index (κ3) is 3.27. The highest BCUT2D eigenvalue weighted by molar-refractivity contribution is 5.83. The number of hydrogen-bond acceptors (Lipinski definition) is 7. The SMILES string of the molecule is CCOC(=O)c1nc(CN2CCN(C)CC2)no1. The highest BCUT2D eigenvalue weighted by Crippen LogP contribution is 2.06. The number of aromatic nitrogens is 2. The van der Waals surface area contributed by atoms with Crippen LogP contribution in [0.5, 0.6) is 0 Å². The Morgan fingerprint density at radius 1 is 1.39 bits per heavy atom. The molecule has 1 aromatic heterocycles. The molecule has 1 saturated heterocycles. The van der Waals surface area contributed by atoms with Crippen LogP contribution in [0.15, 0.2) is 4.52 Å². The van der Waals surface area contributed by atoms with Gasteiger partial charge in [-0.05, 0) is 14.0 Å². The maximum absolute atomic E-state index is 11.4. The fourth-order valence-electron chi connectivity index (χ4n) is 1.80. The summed E-state index contributed by atoms with van der Waals surface area (Å²) in [6, 6.07) is 0. The molecule has 0 spiro atoms. The lowest BCUT2D eigenvalue weighted by molar-refractivity contribution is 0.0470. The first-order valence-corrected chi connectivity index (χ1v) is 6.09. The van der Waals surface area contributed by atoms with E-state index in [1.807, 2.05) is 0 Å². The molecular formula is C11H18N4O3. The van der Waals surface area contributed by atoms with E-state index >= 15 is 0 Å². The molecule has 0 saturated carbocycles. The second kappa shape index (κ2) is 5.92. The third-order valence-electron chi connectivity index (χ3n) is 2.88. The number of carbonyl (C=O) groups excluding carboxylic acids is 1. The molecule has 0 bridgehead atoms. The Balaban J connectivity index is 1.88. The molecule has 100 valence electrons. The number of hydrogen-bond donors (Lipinski definition) is 0. The first-order chi connectivity index (χ1) is 8.69. The van der Waals surface area contributed by atoms with Crippen molar-refractivity contribution in [2.45, 2.75) is 13.5 Å². The Kier molecular flexibility index (Phi) is 4.27. The van der Waals surface area contributed by atoms with Crippen molar-refractivity contribution in [1.82, 2.24) is 19.9 Å². The Bertz CT molecular complexity index is 399. The van der Waals surface area contributed by atoms with Gasteiger partial charge in [0.05, 0.1) is 13.2 Å². The van der Waals surface area contributed by atoms with Crippen molar-refractivity contribution >= 4 is 5.97 Å². The van der Waals surface area contributed by atoms with Crippen LogP contribution in [0.3, 0.4) is 0 Å². The smallest absolute Gasteiger partial charge is 0.397 e. The molecule has 0 aromatic carbocycles. The summed E-state index contributed by atoms with van der Waals surface area (Å²) in [7, 11) is 2.10. The average Bonchev–Trinajstić information content (AvgIpc) is 2.81. The van der Waals surface area contributed by atoms with Crippen molar-refractivity contribution in [2.75, 3.05) is 39.8 Å². The number of rotatable bonds is 4. The lowest BCUT2D eigenvalue weighted by Crippen LogP contribution is -2.44. The molecule has 0 unspecified atom stereocenters. The van der Waals surface area contributed by atoms with Crippen LogP contribution in [-0.2, 0) is 11.3 Å². The van der Waals surface area contributed by atoms with Crippen molar-refractivity contribution in [3.8, 4) is 0 Å². The van der Waals surface area contributed by atoms with Crippen LogP contribution in [0.4, 0.5) is 0 Å². The molecule has 7 heteroatoms. The van der Waals surface area contributed by atoms with E-state index in [1.165, 1.54) is 0 Å². The number of likely N-dealkylation sites (N-methyl/N-ethyl adjacent to an activating group) is 1. The average molecular weight is 254 g/mol. The van der Waals surface area contributed by atoms with Crippen LogP contribution in [0.1, 0.15) is 23.4 Å². The van der Waals surface area contributed by atoms with Crippen molar-refractivity contribution in [3.63, 3.8) is 0 Å². The summed E-state index contributed by atoms with van der Waals surface area (Å²) in [5, 5.41) is 3.79. The highest BCUT2D eigenvalue weighted by Gasteiger charge is 2.19. The van der Waals surface area contributed by atoms with Crippen LogP contribution in [-0.4, -0.2) is 65.7 Å². The largest absolute Gasteiger partial charge is 0.459 e. The third-order valence-corrected chi connectivity index (χ3v) is 2.88. The molecule has 2 heterocycles. The van der Waals surface area contributed by atoms with Gasteiger partial charge in [0.25, 0.3) is 0 Å². The van der Waals surface area contributed by atoms with E-state index in [9.17, 15) is 4.79 Å². The molecule has 7 nitrogen and oxygen atoms in total. The van der Waals surface area contributed by atoms with E-state index in [-0.39, 0.29) is 5.89 Å². The Hall–Kier alpha value is -1.47. The second-order valence-corrected chi connectivity index (χ2v) is 4.32. The number of ether oxygens (including phenoxy) is 1. The minimum atomic E-state index is -0.561. The summed E-state index contributed by atoms with van der Waals surface area (Å²) < 4.78 is 9.66. The Morgan fingerprint density at radius 3 is 2.78 bits per heavy atom. The lowest BCUT2D eigenvalue weighted by atomic mass is 10.3. The Labute approximate surface area is 106 Å². The second-order valence-electron chi connectivity index (χ2n) is 4.32. The standard InChI is InChI=1S/C11H18N4O3/c1-3-17-11(16)10-12-9(13-18-10)8-15-6-4-14(2)5-7-15/h3-8H2,1-2H3. The van der Waals surface area contributed by atoms with Crippen LogP contribution >= 0.6 is 0 Å². The lowest BCUT2D eigenvalue weighted by Gasteiger charge is -2.31. The molecule has 1 fully saturated rings. The summed E-state index contributed by atoms with van der Waals surface area (Å²) in [6.07, 6.45) is 0. The maximum atomic E-state index is 11.4. The van der Waals surface area contributed by atoms with E-state index in [4.69, 9.17) is 9.26 Å². The molecule has 0 aliphatic carbocycles. The van der Waals surface area contributed by atoms with Gasteiger partial charge < -0.3 is 14.2 Å². The maximum Gasteiger partial charge on any atom is 0.397 e. The van der Waals surface area contributed by atoms with Gasteiger partial charge in [-0.1, -0.05) is 5.16 Å². The summed E-state index contributed by atoms with van der Waals surface area (Å²) in [6.45, 7) is 6.65. The first-order valence-electron chi connectivity index (χ1n) is 6.09. The molecule has 1 aromatic rings. The van der Waals surface area contributed by atoms with E-state index in [0.29, 0.717) is 19.0 Å². The van der Waals surface area contributed by atoms with Crippen LogP contribution in [0, 0.1) is 0 Å². The number of piperazine rings is 1. The zero-order valence-corrected chi connectivity index (χ0v) is 10.8. The number of esters is 1. The summed E-state index contributed by atoms with van der Waals surface area (Å²) in [5.74, 6) is -0.0989. The van der Waals surface area contributed by atoms with Crippen molar-refractivity contribution in [2.24, 2.45) is 0 Å². The zero-order valence-electron chi connectivity index (χ0n) is 10.8. The monoisotopic (exact) mass is 254 g/mol. The van der Waals surface area contributed by atoms with Gasteiger partial charge in [-0.25, -0.2) is 4.79 Å². The molecule has 0 N–H and O–H groups in total. The molecule has 0 atom stereocenters. The fraction of sp³-hybridized carbons (Fsp3) is 0.727. The van der Waals surface area contributed by atoms with Gasteiger partial charge in [0, 0.05) is 26.2 Å². The Morgan fingerprint density at radius 2 is 2.11 bits per heavy atom. The van der Waals surface area contributed by atoms with Crippen molar-refractivity contribution in [3.05, 3.63) is 11.7 Å². The molecular weight excluding hydrogens is 236 g/mol. The number of carbonyl (C=O) groups is 1. The predicted octanol–water partition coefficient (Wildman–Crippen LogP) is -0.00630. The van der Waals surface area contributed by atoms with Crippen LogP contribution in [0.2, 0.25) is 0 Å². The summed E-state index contributed by atoms with van der Waals surface area (Å²) in [4.78, 5) is 19.9. The topological polar surface area (TPSA) is 71.7 Å². The quantitative estimate of drug-likeness (QED) is 0.700.